The molecule has 0 saturated carbocycles. The molecule has 8 nitrogen and oxygen atoms in total. The molecule has 3 rings (SSSR count). The molecule has 0 aliphatic heterocycles. The number of nitrogens with zero attached hydrogens (tertiary/aromatic N) is 1. The molecular formula is C25H30N2O6. The van der Waals surface area contributed by atoms with Gasteiger partial charge in [-0.15, -0.1) is 0 Å². The quantitative estimate of drug-likeness (QED) is 0.572. The van der Waals surface area contributed by atoms with Crippen molar-refractivity contribution in [1.82, 2.24) is 10.2 Å². The third-order valence-corrected chi connectivity index (χ3v) is 5.75. The fraction of sp³-hybridized carbons (Fsp3) is 0.400. The Balaban J connectivity index is 1.68. The van der Waals surface area contributed by atoms with Crippen LogP contribution in [0.15, 0.2) is 48.5 Å². The number of benzene rings is 2. The zero-order valence-electron chi connectivity index (χ0n) is 19.1. The van der Waals surface area contributed by atoms with Crippen LogP contribution in [0.4, 0.5) is 4.79 Å². The smallest absolute Gasteiger partial charge is 0.407 e. The number of carbonyl (C=O) groups excluding carboxylic acids is 2. The summed E-state index contributed by atoms with van der Waals surface area (Å²) in [6, 6.07) is 15.1. The molecule has 0 spiro atoms. The molecule has 0 aromatic heterocycles. The Morgan fingerprint density at radius 2 is 1.61 bits per heavy atom. The molecule has 0 bridgehead atoms. The fourth-order valence-corrected chi connectivity index (χ4v) is 4.11. The number of nitrogens with one attached hydrogen (secondary N) is 1. The van der Waals surface area contributed by atoms with E-state index in [1.54, 1.807) is 13.8 Å². The molecule has 0 fully saturated rings. The van der Waals surface area contributed by atoms with E-state index in [2.05, 4.69) is 17.4 Å². The topological polar surface area (TPSA) is 105 Å². The van der Waals surface area contributed by atoms with E-state index in [4.69, 9.17) is 14.6 Å². The first kappa shape index (κ1) is 24.3. The number of carboxylic acid groups (broad SMARTS) is 1. The van der Waals surface area contributed by atoms with Crippen LogP contribution in [0.5, 0.6) is 0 Å². The van der Waals surface area contributed by atoms with Gasteiger partial charge in [0.05, 0.1) is 6.61 Å². The molecule has 1 unspecified atom stereocenters. The highest BCUT2D eigenvalue weighted by Gasteiger charge is 2.32. The maximum atomic E-state index is 13.0. The summed E-state index contributed by atoms with van der Waals surface area (Å²) in [5, 5.41) is 11.8. The maximum absolute atomic E-state index is 13.0. The second kappa shape index (κ2) is 11.0. The number of alkyl carbamates (subject to hydrolysis) is 1. The Labute approximate surface area is 193 Å². The molecule has 176 valence electrons. The minimum atomic E-state index is -1.14. The molecule has 8 heteroatoms. The summed E-state index contributed by atoms with van der Waals surface area (Å²) in [5.41, 5.74) is 4.44. The molecule has 1 aliphatic carbocycles. The molecular weight excluding hydrogens is 424 g/mol. The average molecular weight is 455 g/mol. The van der Waals surface area contributed by atoms with Crippen LogP contribution in [0.2, 0.25) is 0 Å². The van der Waals surface area contributed by atoms with Crippen molar-refractivity contribution in [2.45, 2.75) is 25.8 Å². The number of rotatable bonds is 10. The van der Waals surface area contributed by atoms with Crippen molar-refractivity contribution in [2.24, 2.45) is 5.92 Å². The highest BCUT2D eigenvalue weighted by Crippen LogP contribution is 2.44. The molecule has 0 saturated heterocycles. The van der Waals surface area contributed by atoms with Crippen molar-refractivity contribution in [2.75, 3.05) is 33.4 Å². The summed E-state index contributed by atoms with van der Waals surface area (Å²) in [4.78, 5) is 38.0. The van der Waals surface area contributed by atoms with Crippen molar-refractivity contribution in [1.29, 1.82) is 0 Å². The highest BCUT2D eigenvalue weighted by molar-refractivity contribution is 5.88. The van der Waals surface area contributed by atoms with Gasteiger partial charge in [0.2, 0.25) is 5.91 Å². The predicted molar refractivity (Wildman–Crippen MR) is 123 cm³/mol. The van der Waals surface area contributed by atoms with Crippen LogP contribution in [0.1, 0.15) is 30.9 Å². The maximum Gasteiger partial charge on any atom is 0.407 e. The SMILES string of the molecule is COCCN(CC(=O)O)C(=O)C(NC(=O)OCC1c2ccccc2-c2ccccc21)C(C)C. The van der Waals surface area contributed by atoms with E-state index >= 15 is 0 Å². The van der Waals surface area contributed by atoms with Gasteiger partial charge >= 0.3 is 12.1 Å². The molecule has 0 radical (unpaired) electrons. The van der Waals surface area contributed by atoms with Gasteiger partial charge < -0.3 is 24.8 Å². The van der Waals surface area contributed by atoms with Gasteiger partial charge in [-0.25, -0.2) is 4.79 Å². The fourth-order valence-electron chi connectivity index (χ4n) is 4.11. The summed E-state index contributed by atoms with van der Waals surface area (Å²) in [5.74, 6) is -1.99. The van der Waals surface area contributed by atoms with Gasteiger partial charge in [-0.2, -0.15) is 0 Å². The Bertz CT molecular complexity index is 960. The van der Waals surface area contributed by atoms with Crippen LogP contribution in [-0.2, 0) is 19.1 Å². The summed E-state index contributed by atoms with van der Waals surface area (Å²) in [7, 11) is 1.47. The second-order valence-electron chi connectivity index (χ2n) is 8.34. The van der Waals surface area contributed by atoms with Gasteiger partial charge in [-0.05, 0) is 28.2 Å². The van der Waals surface area contributed by atoms with Crippen molar-refractivity contribution in [3.63, 3.8) is 0 Å². The van der Waals surface area contributed by atoms with E-state index in [-0.39, 0.29) is 31.6 Å². The first-order valence-corrected chi connectivity index (χ1v) is 10.9. The highest BCUT2D eigenvalue weighted by atomic mass is 16.5. The predicted octanol–water partition coefficient (Wildman–Crippen LogP) is 3.11. The van der Waals surface area contributed by atoms with Gasteiger partial charge in [-0.1, -0.05) is 62.4 Å². The van der Waals surface area contributed by atoms with Crippen LogP contribution in [-0.4, -0.2) is 67.4 Å². The van der Waals surface area contributed by atoms with Crippen molar-refractivity contribution in [3.8, 4) is 11.1 Å². The van der Waals surface area contributed by atoms with E-state index in [1.165, 1.54) is 12.0 Å². The average Bonchev–Trinajstić information content (AvgIpc) is 3.11. The molecule has 2 aromatic rings. The van der Waals surface area contributed by atoms with E-state index in [1.807, 2.05) is 36.4 Å². The molecule has 33 heavy (non-hydrogen) atoms. The Hall–Kier alpha value is -3.39. The first-order chi connectivity index (χ1) is 15.8. The zero-order chi connectivity index (χ0) is 24.0. The van der Waals surface area contributed by atoms with Gasteiger partial charge in [0.1, 0.15) is 19.2 Å². The van der Waals surface area contributed by atoms with Crippen LogP contribution in [0.25, 0.3) is 11.1 Å². The van der Waals surface area contributed by atoms with Crippen LogP contribution >= 0.6 is 0 Å². The molecule has 1 atom stereocenters. The minimum Gasteiger partial charge on any atom is -0.480 e. The van der Waals surface area contributed by atoms with Gasteiger partial charge in [0, 0.05) is 19.6 Å². The van der Waals surface area contributed by atoms with Crippen molar-refractivity contribution in [3.05, 3.63) is 59.7 Å². The lowest BCUT2D eigenvalue weighted by Gasteiger charge is -2.28. The summed E-state index contributed by atoms with van der Waals surface area (Å²) >= 11 is 0. The number of hydrogen-bond acceptors (Lipinski definition) is 5. The molecule has 1 aliphatic rings. The van der Waals surface area contributed by atoms with E-state index in [0.717, 1.165) is 22.3 Å². The van der Waals surface area contributed by atoms with Crippen LogP contribution in [0, 0.1) is 5.92 Å². The largest absolute Gasteiger partial charge is 0.480 e. The number of methoxy groups -OCH3 is 1. The minimum absolute atomic E-state index is 0.0958. The lowest BCUT2D eigenvalue weighted by atomic mass is 9.98. The van der Waals surface area contributed by atoms with Crippen LogP contribution < -0.4 is 5.32 Å². The lowest BCUT2D eigenvalue weighted by molar-refractivity contribution is -0.146. The van der Waals surface area contributed by atoms with Crippen LogP contribution in [0.3, 0.4) is 0 Å². The monoisotopic (exact) mass is 454 g/mol. The van der Waals surface area contributed by atoms with E-state index in [0.29, 0.717) is 0 Å². The van der Waals surface area contributed by atoms with E-state index in [9.17, 15) is 14.4 Å². The number of hydrogen-bond donors (Lipinski definition) is 2. The molecule has 2 aromatic carbocycles. The third-order valence-electron chi connectivity index (χ3n) is 5.75. The number of ether oxygens (including phenoxy) is 2. The normalized spacial score (nSPS) is 13.2. The third kappa shape index (κ3) is 5.70. The number of carboxylic acids is 1. The van der Waals surface area contributed by atoms with E-state index < -0.39 is 30.6 Å². The Morgan fingerprint density at radius 1 is 1.03 bits per heavy atom. The molecule has 2 amide bonds. The van der Waals surface area contributed by atoms with Crippen molar-refractivity contribution >= 4 is 18.0 Å². The second-order valence-corrected chi connectivity index (χ2v) is 8.34. The Morgan fingerprint density at radius 3 is 2.12 bits per heavy atom. The van der Waals surface area contributed by atoms with Gasteiger partial charge in [0.25, 0.3) is 0 Å². The standard InChI is InChI=1S/C25H30N2O6/c1-16(2)23(24(30)27(12-13-32-3)14-22(28)29)26-25(31)33-15-21-19-10-6-4-8-17(19)18-9-5-7-11-20(18)21/h4-11,16,21,23H,12-15H2,1-3H3,(H,26,31)(H,28,29). The van der Waals surface area contributed by atoms with Crippen molar-refractivity contribution < 1.29 is 29.0 Å². The lowest BCUT2D eigenvalue weighted by Crippen LogP contribution is -2.53. The van der Waals surface area contributed by atoms with Gasteiger partial charge in [-0.3, -0.25) is 9.59 Å². The number of aliphatic carboxylic acids is 1. The summed E-state index contributed by atoms with van der Waals surface area (Å²) < 4.78 is 10.5. The van der Waals surface area contributed by atoms with Gasteiger partial charge in [0.15, 0.2) is 0 Å². The molecule has 2 N–H and O–H groups in total. The number of fused-ring (bicyclic) bond motifs is 3. The molecule has 0 heterocycles. The number of carbonyl (C=O) groups is 3. The summed E-state index contributed by atoms with van der Waals surface area (Å²) in [6.45, 7) is 3.51. The zero-order valence-corrected chi connectivity index (χ0v) is 19.1. The summed E-state index contributed by atoms with van der Waals surface area (Å²) in [6.07, 6.45) is -0.717. The first-order valence-electron chi connectivity index (χ1n) is 10.9. The number of amides is 2. The Kier molecular flexibility index (Phi) is 8.06.